The summed E-state index contributed by atoms with van der Waals surface area (Å²) in [5, 5.41) is 0. The Morgan fingerprint density at radius 2 is 2.11 bits per heavy atom. The molecule has 112 valence electrons. The van der Waals surface area contributed by atoms with Crippen molar-refractivity contribution in [3.8, 4) is 0 Å². The third kappa shape index (κ3) is 4.15. The van der Waals surface area contributed by atoms with Crippen LogP contribution in [0.1, 0.15) is 27.2 Å². The van der Waals surface area contributed by atoms with Crippen LogP contribution in [0.2, 0.25) is 0 Å². The maximum atomic E-state index is 12.2. The zero-order chi connectivity index (χ0) is 14.0. The predicted octanol–water partition coefficient (Wildman–Crippen LogP) is 0.671. The Balaban J connectivity index is 1.89. The minimum absolute atomic E-state index is 0.0507. The van der Waals surface area contributed by atoms with E-state index in [2.05, 4.69) is 30.4 Å². The largest absolute Gasteiger partial charge is 0.381 e. The fourth-order valence-corrected chi connectivity index (χ4v) is 4.63. The van der Waals surface area contributed by atoms with Crippen molar-refractivity contribution in [3.05, 3.63) is 0 Å². The van der Waals surface area contributed by atoms with E-state index < -0.39 is 10.0 Å². The summed E-state index contributed by atoms with van der Waals surface area (Å²) in [7, 11) is -3.19. The van der Waals surface area contributed by atoms with E-state index in [0.29, 0.717) is 25.2 Å². The van der Waals surface area contributed by atoms with Gasteiger partial charge in [-0.05, 0) is 32.1 Å². The summed E-state index contributed by atoms with van der Waals surface area (Å²) in [5.74, 6) is 0.741. The molecule has 0 spiro atoms. The minimum Gasteiger partial charge on any atom is -0.381 e. The van der Waals surface area contributed by atoms with Gasteiger partial charge in [-0.15, -0.1) is 0 Å². The van der Waals surface area contributed by atoms with Gasteiger partial charge < -0.3 is 4.74 Å². The Labute approximate surface area is 116 Å². The molecule has 2 aliphatic heterocycles. The van der Waals surface area contributed by atoms with Crippen LogP contribution in [0.3, 0.4) is 0 Å². The highest BCUT2D eigenvalue weighted by molar-refractivity contribution is 7.89. The lowest BCUT2D eigenvalue weighted by atomic mass is 10.1. The van der Waals surface area contributed by atoms with Gasteiger partial charge in [0, 0.05) is 31.8 Å². The van der Waals surface area contributed by atoms with Crippen LogP contribution in [0, 0.1) is 11.8 Å². The maximum Gasteiger partial charge on any atom is 0.212 e. The lowest BCUT2D eigenvalue weighted by Crippen LogP contribution is -2.42. The second-order valence-corrected chi connectivity index (χ2v) is 8.06. The molecule has 2 aliphatic rings. The number of hydrogen-bond donors (Lipinski definition) is 1. The Morgan fingerprint density at radius 1 is 1.37 bits per heavy atom. The average molecular weight is 290 g/mol. The van der Waals surface area contributed by atoms with E-state index in [1.807, 2.05) is 0 Å². The first kappa shape index (κ1) is 15.2. The van der Waals surface area contributed by atoms with Gasteiger partial charge >= 0.3 is 0 Å². The van der Waals surface area contributed by atoms with Crippen LogP contribution >= 0.6 is 0 Å². The van der Waals surface area contributed by atoms with Gasteiger partial charge in [-0.3, -0.25) is 4.90 Å². The molecule has 2 saturated heterocycles. The Kier molecular flexibility index (Phi) is 4.87. The topological polar surface area (TPSA) is 58.6 Å². The molecule has 2 heterocycles. The van der Waals surface area contributed by atoms with Crippen LogP contribution in [0.15, 0.2) is 0 Å². The highest BCUT2D eigenvalue weighted by Gasteiger charge is 2.34. The summed E-state index contributed by atoms with van der Waals surface area (Å²) in [6, 6.07) is 0.523. The maximum absolute atomic E-state index is 12.2. The van der Waals surface area contributed by atoms with E-state index in [0.717, 1.165) is 19.5 Å². The Hall–Kier alpha value is -0.170. The van der Waals surface area contributed by atoms with Crippen molar-refractivity contribution < 1.29 is 13.2 Å². The van der Waals surface area contributed by atoms with Gasteiger partial charge in [0.15, 0.2) is 0 Å². The Morgan fingerprint density at radius 3 is 2.63 bits per heavy atom. The van der Waals surface area contributed by atoms with Crippen molar-refractivity contribution in [2.75, 3.05) is 32.1 Å². The van der Waals surface area contributed by atoms with Crippen molar-refractivity contribution in [2.24, 2.45) is 11.8 Å². The molecule has 0 amide bonds. The summed E-state index contributed by atoms with van der Waals surface area (Å²) in [6.07, 6.45) is 0.860. The third-order valence-electron chi connectivity index (χ3n) is 4.18. The first-order valence-electron chi connectivity index (χ1n) is 7.19. The molecular weight excluding hydrogens is 264 g/mol. The van der Waals surface area contributed by atoms with Gasteiger partial charge in [0.1, 0.15) is 0 Å². The van der Waals surface area contributed by atoms with Gasteiger partial charge in [-0.2, -0.15) is 0 Å². The zero-order valence-electron chi connectivity index (χ0n) is 12.1. The average Bonchev–Trinajstić information content (AvgIpc) is 2.88. The third-order valence-corrected chi connectivity index (χ3v) is 5.75. The van der Waals surface area contributed by atoms with Gasteiger partial charge in [0.2, 0.25) is 10.0 Å². The lowest BCUT2D eigenvalue weighted by Gasteiger charge is -2.20. The van der Waals surface area contributed by atoms with Crippen LogP contribution in [-0.4, -0.2) is 57.5 Å². The van der Waals surface area contributed by atoms with Crippen LogP contribution in [-0.2, 0) is 14.8 Å². The second-order valence-electron chi connectivity index (χ2n) is 6.26. The summed E-state index contributed by atoms with van der Waals surface area (Å²) < 4.78 is 32.5. The van der Waals surface area contributed by atoms with Crippen LogP contribution in [0.25, 0.3) is 0 Å². The van der Waals surface area contributed by atoms with Crippen molar-refractivity contribution in [1.82, 2.24) is 9.62 Å². The van der Waals surface area contributed by atoms with E-state index in [1.54, 1.807) is 0 Å². The fraction of sp³-hybridized carbons (Fsp3) is 1.00. The van der Waals surface area contributed by atoms with E-state index in [4.69, 9.17) is 4.74 Å². The number of nitrogens with zero attached hydrogens (tertiary/aromatic N) is 1. The van der Waals surface area contributed by atoms with Crippen LogP contribution < -0.4 is 4.72 Å². The van der Waals surface area contributed by atoms with Crippen molar-refractivity contribution in [2.45, 2.75) is 39.3 Å². The predicted molar refractivity (Wildman–Crippen MR) is 75.5 cm³/mol. The number of nitrogens with one attached hydrogen (secondary N) is 1. The highest BCUT2D eigenvalue weighted by Crippen LogP contribution is 2.20. The van der Waals surface area contributed by atoms with Crippen molar-refractivity contribution >= 4 is 10.0 Å². The van der Waals surface area contributed by atoms with E-state index >= 15 is 0 Å². The number of rotatable bonds is 5. The van der Waals surface area contributed by atoms with Crippen molar-refractivity contribution in [1.29, 1.82) is 0 Å². The molecule has 0 aromatic rings. The fourth-order valence-electron chi connectivity index (χ4n) is 2.88. The first-order chi connectivity index (χ1) is 8.87. The molecule has 0 saturated carbocycles. The molecule has 0 bridgehead atoms. The molecule has 3 atom stereocenters. The Bertz CT molecular complexity index is 391. The molecule has 19 heavy (non-hydrogen) atoms. The molecule has 1 N–H and O–H groups in total. The SMILES string of the molecule is CC(C)N1C[C@@H](C)[C@@H](NS(=O)(=O)C[C@@H]2CCOC2)C1. The van der Waals surface area contributed by atoms with Gasteiger partial charge in [-0.1, -0.05) is 6.92 Å². The summed E-state index contributed by atoms with van der Waals surface area (Å²) in [5.41, 5.74) is 0. The number of ether oxygens (including phenoxy) is 1. The molecule has 2 fully saturated rings. The molecule has 0 radical (unpaired) electrons. The smallest absolute Gasteiger partial charge is 0.212 e. The summed E-state index contributed by atoms with van der Waals surface area (Å²) >= 11 is 0. The highest BCUT2D eigenvalue weighted by atomic mass is 32.2. The quantitative estimate of drug-likeness (QED) is 0.808. The lowest BCUT2D eigenvalue weighted by molar-refractivity contribution is 0.188. The number of likely N-dealkylation sites (tertiary alicyclic amines) is 1. The number of hydrogen-bond acceptors (Lipinski definition) is 4. The second kappa shape index (κ2) is 6.08. The van der Waals surface area contributed by atoms with Crippen LogP contribution in [0.4, 0.5) is 0 Å². The zero-order valence-corrected chi connectivity index (χ0v) is 12.9. The normalized spacial score (nSPS) is 33.4. The molecule has 6 heteroatoms. The standard InChI is InChI=1S/C13H26N2O3S/c1-10(2)15-6-11(3)13(7-15)14-19(16,17)9-12-4-5-18-8-12/h10-14H,4-9H2,1-3H3/t11-,12-,13+/m1/s1. The molecule has 5 nitrogen and oxygen atoms in total. The monoisotopic (exact) mass is 290 g/mol. The summed E-state index contributed by atoms with van der Waals surface area (Å²) in [4.78, 5) is 2.33. The van der Waals surface area contributed by atoms with Gasteiger partial charge in [-0.25, -0.2) is 13.1 Å². The first-order valence-corrected chi connectivity index (χ1v) is 8.84. The van der Waals surface area contributed by atoms with Gasteiger partial charge in [0.05, 0.1) is 12.4 Å². The molecule has 2 rings (SSSR count). The molecule has 0 aromatic heterocycles. The minimum atomic E-state index is -3.19. The van der Waals surface area contributed by atoms with Crippen LogP contribution in [0.5, 0.6) is 0 Å². The molecule has 0 aromatic carbocycles. The van der Waals surface area contributed by atoms with E-state index in [-0.39, 0.29) is 17.7 Å². The molecule has 0 aliphatic carbocycles. The van der Waals surface area contributed by atoms with E-state index in [9.17, 15) is 8.42 Å². The molecule has 0 unspecified atom stereocenters. The van der Waals surface area contributed by atoms with Crippen molar-refractivity contribution in [3.63, 3.8) is 0 Å². The molecular formula is C13H26N2O3S. The van der Waals surface area contributed by atoms with Gasteiger partial charge in [0.25, 0.3) is 0 Å². The number of sulfonamides is 1. The summed E-state index contributed by atoms with van der Waals surface area (Å²) in [6.45, 7) is 9.49. The van der Waals surface area contributed by atoms with E-state index in [1.165, 1.54) is 0 Å².